The summed E-state index contributed by atoms with van der Waals surface area (Å²) in [6, 6.07) is 0.0394. The van der Waals surface area contributed by atoms with Crippen molar-refractivity contribution in [2.24, 2.45) is 5.73 Å². The fraction of sp³-hybridized carbons (Fsp3) is 0.600. The van der Waals surface area contributed by atoms with Crippen LogP contribution in [-0.4, -0.2) is 16.0 Å². The predicted molar refractivity (Wildman–Crippen MR) is 54.2 cm³/mol. The highest BCUT2D eigenvalue weighted by Crippen LogP contribution is 2.15. The van der Waals surface area contributed by atoms with Gasteiger partial charge in [-0.2, -0.15) is 0 Å². The topological polar surface area (TPSA) is 71.8 Å². The Bertz CT molecular complexity index is 395. The molecule has 1 aromatic rings. The maximum atomic E-state index is 11.6. The van der Waals surface area contributed by atoms with E-state index in [0.717, 1.165) is 36.3 Å². The highest BCUT2D eigenvalue weighted by atomic mass is 16.1. The zero-order valence-electron chi connectivity index (χ0n) is 8.34. The van der Waals surface area contributed by atoms with E-state index in [1.54, 1.807) is 0 Å². The molecule has 0 aliphatic heterocycles. The third-order valence-corrected chi connectivity index (χ3v) is 2.51. The zero-order chi connectivity index (χ0) is 10.1. The highest BCUT2D eigenvalue weighted by Gasteiger charge is 2.17. The van der Waals surface area contributed by atoms with Gasteiger partial charge in [0.15, 0.2) is 0 Å². The van der Waals surface area contributed by atoms with E-state index in [1.165, 1.54) is 0 Å². The van der Waals surface area contributed by atoms with Crippen LogP contribution in [0.2, 0.25) is 0 Å². The van der Waals surface area contributed by atoms with E-state index in [0.29, 0.717) is 6.42 Å². The molecule has 0 fully saturated rings. The number of hydrogen-bond donors (Lipinski definition) is 2. The van der Waals surface area contributed by atoms with Crippen LogP contribution in [0.5, 0.6) is 0 Å². The maximum Gasteiger partial charge on any atom is 0.254 e. The van der Waals surface area contributed by atoms with E-state index in [1.807, 2.05) is 6.92 Å². The number of nitrogens with zero attached hydrogens (tertiary/aromatic N) is 1. The van der Waals surface area contributed by atoms with Crippen molar-refractivity contribution in [1.82, 2.24) is 9.97 Å². The Labute approximate surface area is 82.6 Å². The maximum absolute atomic E-state index is 11.6. The number of nitrogens with one attached hydrogen (secondary N) is 1. The fourth-order valence-electron chi connectivity index (χ4n) is 1.89. The number of aromatic nitrogens is 2. The molecule has 0 saturated carbocycles. The Kier molecular flexibility index (Phi) is 2.37. The molecular weight excluding hydrogens is 178 g/mol. The van der Waals surface area contributed by atoms with Gasteiger partial charge < -0.3 is 10.7 Å². The molecule has 1 aliphatic rings. The molecule has 3 N–H and O–H groups in total. The van der Waals surface area contributed by atoms with Gasteiger partial charge in [0.2, 0.25) is 0 Å². The minimum absolute atomic E-state index is 0.0307. The minimum Gasteiger partial charge on any atom is -0.328 e. The van der Waals surface area contributed by atoms with Gasteiger partial charge in [-0.1, -0.05) is 0 Å². The van der Waals surface area contributed by atoms with Crippen LogP contribution in [0, 0.1) is 0 Å². The first-order valence-corrected chi connectivity index (χ1v) is 5.03. The minimum atomic E-state index is 0.0307. The lowest BCUT2D eigenvalue weighted by Gasteiger charge is -2.05. The van der Waals surface area contributed by atoms with Gasteiger partial charge in [-0.3, -0.25) is 4.79 Å². The average molecular weight is 193 g/mol. The molecule has 0 saturated heterocycles. The van der Waals surface area contributed by atoms with Crippen molar-refractivity contribution in [3.63, 3.8) is 0 Å². The highest BCUT2D eigenvalue weighted by molar-refractivity contribution is 5.22. The first-order chi connectivity index (χ1) is 6.66. The Balaban J connectivity index is 2.37. The van der Waals surface area contributed by atoms with E-state index in [-0.39, 0.29) is 11.6 Å². The third kappa shape index (κ3) is 1.70. The lowest BCUT2D eigenvalue weighted by Crippen LogP contribution is -2.24. The van der Waals surface area contributed by atoms with Crippen LogP contribution in [0.3, 0.4) is 0 Å². The molecule has 0 amide bonds. The van der Waals surface area contributed by atoms with Crippen LogP contribution >= 0.6 is 0 Å². The lowest BCUT2D eigenvalue weighted by atomic mass is 10.2. The van der Waals surface area contributed by atoms with Gasteiger partial charge in [0.1, 0.15) is 5.82 Å². The molecule has 2 rings (SSSR count). The molecular formula is C10H15N3O. The van der Waals surface area contributed by atoms with Gasteiger partial charge in [-0.25, -0.2) is 4.98 Å². The fourth-order valence-corrected chi connectivity index (χ4v) is 1.89. The van der Waals surface area contributed by atoms with Crippen molar-refractivity contribution in [2.45, 2.75) is 38.6 Å². The van der Waals surface area contributed by atoms with Gasteiger partial charge in [0.25, 0.3) is 5.56 Å². The molecule has 0 aromatic carbocycles. The standard InChI is InChI=1S/C10H15N3O/c1-6(11)5-9-12-8-4-2-3-7(8)10(14)13-9/h6H,2-5,11H2,1H3,(H,12,13,14). The van der Waals surface area contributed by atoms with Crippen molar-refractivity contribution in [2.75, 3.05) is 0 Å². The molecule has 4 heteroatoms. The second kappa shape index (κ2) is 3.53. The van der Waals surface area contributed by atoms with Gasteiger partial charge in [0, 0.05) is 18.0 Å². The number of hydrogen-bond acceptors (Lipinski definition) is 3. The molecule has 76 valence electrons. The molecule has 0 radical (unpaired) electrons. The summed E-state index contributed by atoms with van der Waals surface area (Å²) >= 11 is 0. The van der Waals surface area contributed by atoms with Crippen molar-refractivity contribution in [3.8, 4) is 0 Å². The second-order valence-electron chi connectivity index (χ2n) is 3.97. The van der Waals surface area contributed by atoms with Crippen molar-refractivity contribution < 1.29 is 0 Å². The largest absolute Gasteiger partial charge is 0.328 e. The van der Waals surface area contributed by atoms with Crippen LogP contribution in [0.15, 0.2) is 4.79 Å². The van der Waals surface area contributed by atoms with E-state index >= 15 is 0 Å². The molecule has 1 aromatic heterocycles. The van der Waals surface area contributed by atoms with Gasteiger partial charge in [-0.15, -0.1) is 0 Å². The summed E-state index contributed by atoms with van der Waals surface area (Å²) < 4.78 is 0. The van der Waals surface area contributed by atoms with Crippen LogP contribution in [0.1, 0.15) is 30.4 Å². The Hall–Kier alpha value is -1.16. The third-order valence-electron chi connectivity index (χ3n) is 2.51. The van der Waals surface area contributed by atoms with E-state index in [2.05, 4.69) is 9.97 Å². The lowest BCUT2D eigenvalue weighted by molar-refractivity contribution is 0.693. The monoisotopic (exact) mass is 193 g/mol. The van der Waals surface area contributed by atoms with Crippen LogP contribution in [-0.2, 0) is 19.3 Å². The van der Waals surface area contributed by atoms with Crippen molar-refractivity contribution >= 4 is 0 Å². The van der Waals surface area contributed by atoms with Gasteiger partial charge in [-0.05, 0) is 26.2 Å². The number of nitrogens with two attached hydrogens (primary N) is 1. The van der Waals surface area contributed by atoms with Gasteiger partial charge in [0.05, 0.1) is 5.69 Å². The summed E-state index contributed by atoms with van der Waals surface area (Å²) in [7, 11) is 0. The summed E-state index contributed by atoms with van der Waals surface area (Å²) in [4.78, 5) is 18.8. The van der Waals surface area contributed by atoms with Crippen molar-refractivity contribution in [3.05, 3.63) is 27.4 Å². The SMILES string of the molecule is CC(N)Cc1nc2c(c(=O)[nH]1)CCC2. The predicted octanol–water partition coefficient (Wildman–Crippen LogP) is 0.148. The van der Waals surface area contributed by atoms with Gasteiger partial charge >= 0.3 is 0 Å². The quantitative estimate of drug-likeness (QED) is 0.702. The van der Waals surface area contributed by atoms with Crippen LogP contribution in [0.4, 0.5) is 0 Å². The number of H-pyrrole nitrogens is 1. The Morgan fingerprint density at radius 1 is 1.57 bits per heavy atom. The molecule has 0 spiro atoms. The van der Waals surface area contributed by atoms with Crippen LogP contribution < -0.4 is 11.3 Å². The number of aryl methyl sites for hydroxylation is 1. The summed E-state index contributed by atoms with van der Waals surface area (Å²) in [6.45, 7) is 1.91. The number of fused-ring (bicyclic) bond motifs is 1. The summed E-state index contributed by atoms with van der Waals surface area (Å²) in [5, 5.41) is 0. The Morgan fingerprint density at radius 2 is 2.36 bits per heavy atom. The smallest absolute Gasteiger partial charge is 0.254 e. The molecule has 1 aliphatic carbocycles. The molecule has 1 heterocycles. The van der Waals surface area contributed by atoms with Crippen molar-refractivity contribution in [1.29, 1.82) is 0 Å². The second-order valence-corrected chi connectivity index (χ2v) is 3.97. The molecule has 4 nitrogen and oxygen atoms in total. The molecule has 1 unspecified atom stereocenters. The summed E-state index contributed by atoms with van der Waals surface area (Å²) in [5.74, 6) is 0.727. The van der Waals surface area contributed by atoms with E-state index < -0.39 is 0 Å². The Morgan fingerprint density at radius 3 is 3.07 bits per heavy atom. The average Bonchev–Trinajstić information content (AvgIpc) is 2.50. The first kappa shape index (κ1) is 9.40. The number of rotatable bonds is 2. The van der Waals surface area contributed by atoms with E-state index in [4.69, 9.17) is 5.73 Å². The van der Waals surface area contributed by atoms with E-state index in [9.17, 15) is 4.79 Å². The summed E-state index contributed by atoms with van der Waals surface area (Å²) in [6.07, 6.45) is 3.50. The summed E-state index contributed by atoms with van der Waals surface area (Å²) in [5.41, 5.74) is 7.54. The number of aromatic amines is 1. The van der Waals surface area contributed by atoms with Crippen LogP contribution in [0.25, 0.3) is 0 Å². The molecule has 14 heavy (non-hydrogen) atoms. The first-order valence-electron chi connectivity index (χ1n) is 5.03. The normalized spacial score (nSPS) is 16.7. The molecule has 0 bridgehead atoms. The molecule has 1 atom stereocenters. The zero-order valence-corrected chi connectivity index (χ0v) is 8.34.